The molecule has 2 aromatic carbocycles. The fourth-order valence-electron chi connectivity index (χ4n) is 6.41. The molecule has 1 aliphatic carbocycles. The highest BCUT2D eigenvalue weighted by Crippen LogP contribution is 2.39. The van der Waals surface area contributed by atoms with Gasteiger partial charge in [-0.25, -0.2) is 26.9 Å². The van der Waals surface area contributed by atoms with Crippen molar-refractivity contribution in [1.29, 1.82) is 0 Å². The monoisotopic (exact) mass is 769 g/mol. The molecule has 5 aromatic rings. The minimum absolute atomic E-state index is 0.109. The molecule has 1 aliphatic rings. The van der Waals surface area contributed by atoms with E-state index in [1.807, 2.05) is 0 Å². The van der Waals surface area contributed by atoms with Gasteiger partial charge in [-0.05, 0) is 94.8 Å². The minimum Gasteiger partial charge on any atom is -0.378 e. The van der Waals surface area contributed by atoms with E-state index < -0.39 is 39.2 Å². The second kappa shape index (κ2) is 14.6. The van der Waals surface area contributed by atoms with Gasteiger partial charge in [0.15, 0.2) is 5.15 Å². The second-order valence-electron chi connectivity index (χ2n) is 13.1. The number of sulfonamides is 1. The molecule has 0 radical (unpaired) electrons. The summed E-state index contributed by atoms with van der Waals surface area (Å²) in [7, 11) is -1.22. The quantitative estimate of drug-likeness (QED) is 0.170. The Morgan fingerprint density at radius 3 is 2.44 bits per heavy atom. The first-order valence-corrected chi connectivity index (χ1v) is 18.6. The lowest BCUT2D eigenvalue weighted by Gasteiger charge is -2.23. The number of rotatable bonds is 9. The van der Waals surface area contributed by atoms with Crippen LogP contribution in [0.1, 0.15) is 60.9 Å². The molecule has 3 heterocycles. The van der Waals surface area contributed by atoms with E-state index in [0.717, 1.165) is 36.6 Å². The molecule has 3 aromatic heterocycles. The van der Waals surface area contributed by atoms with Gasteiger partial charge >= 0.3 is 0 Å². The Morgan fingerprint density at radius 2 is 1.75 bits per heavy atom. The smallest absolute Gasteiger partial charge is 0.260 e. The maximum atomic E-state index is 14.5. The summed E-state index contributed by atoms with van der Waals surface area (Å²) in [6, 6.07) is 8.56. The number of aryl methyl sites for hydroxylation is 1. The van der Waals surface area contributed by atoms with Gasteiger partial charge in [-0.1, -0.05) is 35.2 Å². The van der Waals surface area contributed by atoms with Gasteiger partial charge in [-0.2, -0.15) is 10.2 Å². The minimum atomic E-state index is -4.05. The molecule has 0 unspecified atom stereocenters. The van der Waals surface area contributed by atoms with Crippen LogP contribution in [0.5, 0.6) is 0 Å². The van der Waals surface area contributed by atoms with Crippen molar-refractivity contribution in [2.75, 3.05) is 7.05 Å². The van der Waals surface area contributed by atoms with Crippen LogP contribution in [0, 0.1) is 23.5 Å². The zero-order chi connectivity index (χ0) is 37.5. The zero-order valence-electron chi connectivity index (χ0n) is 28.7. The average Bonchev–Trinajstić information content (AvgIpc) is 3.60. The first kappa shape index (κ1) is 37.4. The fourth-order valence-corrected chi connectivity index (χ4v) is 7.90. The first-order chi connectivity index (χ1) is 24.5. The van der Waals surface area contributed by atoms with Gasteiger partial charge in [0.05, 0.1) is 27.7 Å². The molecule has 0 fully saturated rings. The van der Waals surface area contributed by atoms with E-state index in [4.69, 9.17) is 28.2 Å². The molecule has 0 saturated heterocycles. The Morgan fingerprint density at radius 1 is 1.06 bits per heavy atom. The highest BCUT2D eigenvalue weighted by atomic mass is 35.5. The Bertz CT molecular complexity index is 2370. The van der Waals surface area contributed by atoms with Crippen LogP contribution < -0.4 is 10.0 Å². The highest BCUT2D eigenvalue weighted by Gasteiger charge is 2.29. The van der Waals surface area contributed by atoms with Crippen LogP contribution in [-0.4, -0.2) is 56.6 Å². The first-order valence-electron chi connectivity index (χ1n) is 16.4. The van der Waals surface area contributed by atoms with Gasteiger partial charge in [-0.3, -0.25) is 14.2 Å². The lowest BCUT2D eigenvalue weighted by molar-refractivity contribution is -0.122. The number of fused-ring (bicyclic) bond motifs is 2. The average molecular weight is 771 g/mol. The third-order valence-corrected chi connectivity index (χ3v) is 10.6. The van der Waals surface area contributed by atoms with E-state index in [0.29, 0.717) is 28.2 Å². The standard InChI is InChI=1S/C36H35Cl2F2N7O4S/c1-36(2,49)14-13-23-9-10-24(25-11-12-27(37)31-33(25)46(4)45-35(31)52(50,51)41-3)32(42-23)28(17-20-15-21(39)18-22(40)16-20)43-30(48)19-47-29-8-6-5-7-26(29)34(38)44-47/h9-12,15-16,18,28,41,49H,5-8,17,19H2,1-4H3,(H,43,48)/t28-/m0/s1. The molecule has 3 N–H and O–H groups in total. The number of halogens is 4. The number of carbonyl (C=O) groups is 1. The molecule has 0 aliphatic heterocycles. The van der Waals surface area contributed by atoms with E-state index >= 15 is 0 Å². The molecule has 11 nitrogen and oxygen atoms in total. The number of hydrogen-bond donors (Lipinski definition) is 3. The van der Waals surface area contributed by atoms with Gasteiger partial charge in [0.2, 0.25) is 10.9 Å². The normalized spacial score (nSPS) is 13.8. The SMILES string of the molecule is CNS(=O)(=O)c1nn(C)c2c(-c3ccc(C#CC(C)(C)O)nc3[C@H](Cc3cc(F)cc(F)c3)NC(=O)Cn3nc(Cl)c4c3CCCC4)ccc(Cl)c12. The Labute approximate surface area is 309 Å². The molecule has 1 atom stereocenters. The van der Waals surface area contributed by atoms with Crippen molar-refractivity contribution in [2.24, 2.45) is 7.05 Å². The lowest BCUT2D eigenvalue weighted by atomic mass is 9.93. The van der Waals surface area contributed by atoms with Crippen molar-refractivity contribution in [3.05, 3.63) is 92.5 Å². The topological polar surface area (TPSA) is 144 Å². The van der Waals surface area contributed by atoms with Crippen molar-refractivity contribution in [1.82, 2.24) is 34.6 Å². The van der Waals surface area contributed by atoms with E-state index in [-0.39, 0.29) is 45.4 Å². The largest absolute Gasteiger partial charge is 0.378 e. The summed E-state index contributed by atoms with van der Waals surface area (Å²) in [5.74, 6) is 3.52. The summed E-state index contributed by atoms with van der Waals surface area (Å²) >= 11 is 13.0. The summed E-state index contributed by atoms with van der Waals surface area (Å²) < 4.78 is 60.3. The number of amides is 1. The summed E-state index contributed by atoms with van der Waals surface area (Å²) in [6.07, 6.45) is 3.26. The second-order valence-corrected chi connectivity index (χ2v) is 15.6. The molecule has 272 valence electrons. The maximum absolute atomic E-state index is 14.5. The summed E-state index contributed by atoms with van der Waals surface area (Å²) in [5.41, 5.74) is 2.36. The predicted molar refractivity (Wildman–Crippen MR) is 193 cm³/mol. The van der Waals surface area contributed by atoms with Crippen molar-refractivity contribution < 1.29 is 27.1 Å². The van der Waals surface area contributed by atoms with Crippen molar-refractivity contribution in [3.63, 3.8) is 0 Å². The summed E-state index contributed by atoms with van der Waals surface area (Å²) in [5, 5.41) is 22.4. The predicted octanol–water partition coefficient (Wildman–Crippen LogP) is 5.43. The van der Waals surface area contributed by atoms with Gasteiger partial charge in [-0.15, -0.1) is 0 Å². The van der Waals surface area contributed by atoms with Crippen LogP contribution in [0.25, 0.3) is 22.0 Å². The molecular formula is C36H35Cl2F2N7O4S. The van der Waals surface area contributed by atoms with Crippen LogP contribution in [-0.2, 0) is 47.7 Å². The highest BCUT2D eigenvalue weighted by molar-refractivity contribution is 7.89. The molecule has 16 heteroatoms. The number of pyridine rings is 1. The van der Waals surface area contributed by atoms with Crippen LogP contribution in [0.3, 0.4) is 0 Å². The zero-order valence-corrected chi connectivity index (χ0v) is 31.0. The number of nitrogens with one attached hydrogen (secondary N) is 2. The van der Waals surface area contributed by atoms with E-state index in [1.165, 1.54) is 43.8 Å². The van der Waals surface area contributed by atoms with Gasteiger partial charge in [0.25, 0.3) is 10.0 Å². The molecule has 0 bridgehead atoms. The third-order valence-electron chi connectivity index (χ3n) is 8.67. The van der Waals surface area contributed by atoms with Crippen LogP contribution in [0.15, 0.2) is 47.5 Å². The summed E-state index contributed by atoms with van der Waals surface area (Å²) in [6.45, 7) is 2.84. The van der Waals surface area contributed by atoms with E-state index in [2.05, 4.69) is 32.1 Å². The number of hydrogen-bond acceptors (Lipinski definition) is 7. The number of aromatic nitrogens is 5. The Kier molecular flexibility index (Phi) is 10.5. The molecule has 0 saturated carbocycles. The van der Waals surface area contributed by atoms with E-state index in [1.54, 1.807) is 29.9 Å². The molecule has 52 heavy (non-hydrogen) atoms. The van der Waals surface area contributed by atoms with Gasteiger partial charge < -0.3 is 10.4 Å². The number of aliphatic hydroxyl groups is 1. The third kappa shape index (κ3) is 7.84. The van der Waals surface area contributed by atoms with Gasteiger partial charge in [0, 0.05) is 35.5 Å². The lowest BCUT2D eigenvalue weighted by Crippen LogP contribution is -2.34. The van der Waals surface area contributed by atoms with Crippen molar-refractivity contribution in [2.45, 2.75) is 69.2 Å². The maximum Gasteiger partial charge on any atom is 0.260 e. The van der Waals surface area contributed by atoms with Crippen molar-refractivity contribution >= 4 is 50.0 Å². The Balaban J connectivity index is 1.54. The number of nitrogens with zero attached hydrogens (tertiary/aromatic N) is 5. The van der Waals surface area contributed by atoms with Crippen LogP contribution in [0.2, 0.25) is 10.2 Å². The molecule has 6 rings (SSSR count). The molecule has 0 spiro atoms. The van der Waals surface area contributed by atoms with Gasteiger partial charge in [0.1, 0.15) is 29.5 Å². The molecular weight excluding hydrogens is 735 g/mol. The Hall–Kier alpha value is -4.39. The van der Waals surface area contributed by atoms with Crippen LogP contribution >= 0.6 is 23.2 Å². The number of carbonyl (C=O) groups excluding carboxylic acids is 1. The number of benzene rings is 2. The van der Waals surface area contributed by atoms with Crippen LogP contribution in [0.4, 0.5) is 8.78 Å². The fraction of sp³-hybridized carbons (Fsp3) is 0.333. The van der Waals surface area contributed by atoms with E-state index in [9.17, 15) is 27.1 Å². The van der Waals surface area contributed by atoms with Crippen molar-refractivity contribution in [3.8, 4) is 23.0 Å². The molecule has 1 amide bonds. The summed E-state index contributed by atoms with van der Waals surface area (Å²) in [4.78, 5) is 18.7.